The number of likely N-dealkylation sites (tertiary alicyclic amines) is 1. The molecule has 1 fully saturated rings. The number of rotatable bonds is 3. The average Bonchev–Trinajstić information content (AvgIpc) is 2.47. The SMILES string of the molecule is Cc1cc(NC2CN(C(=O)OC(C)(C)C)CCC2C)ncc1[N+](=O)[O-]. The van der Waals surface area contributed by atoms with Crippen LogP contribution in [-0.2, 0) is 4.74 Å². The van der Waals surface area contributed by atoms with Crippen LogP contribution in [0.25, 0.3) is 0 Å². The minimum absolute atomic E-state index is 0.00220. The normalized spacial score (nSPS) is 20.9. The van der Waals surface area contributed by atoms with Crippen LogP contribution in [-0.4, -0.2) is 45.6 Å². The second-order valence-corrected chi connectivity index (χ2v) is 7.56. The van der Waals surface area contributed by atoms with Crippen LogP contribution in [0.3, 0.4) is 0 Å². The number of aryl methyl sites for hydroxylation is 1. The molecule has 0 saturated carbocycles. The van der Waals surface area contributed by atoms with Crippen LogP contribution in [0.1, 0.15) is 39.7 Å². The Bertz CT molecular complexity index is 657. The number of amides is 1. The Kier molecular flexibility index (Phi) is 5.49. The highest BCUT2D eigenvalue weighted by molar-refractivity contribution is 5.68. The van der Waals surface area contributed by atoms with Gasteiger partial charge in [-0.1, -0.05) is 6.92 Å². The van der Waals surface area contributed by atoms with Crippen molar-refractivity contribution in [1.29, 1.82) is 0 Å². The number of aromatic nitrogens is 1. The smallest absolute Gasteiger partial charge is 0.410 e. The summed E-state index contributed by atoms with van der Waals surface area (Å²) in [5.74, 6) is 0.918. The van der Waals surface area contributed by atoms with Crippen molar-refractivity contribution in [1.82, 2.24) is 9.88 Å². The van der Waals surface area contributed by atoms with E-state index in [9.17, 15) is 14.9 Å². The third-order valence-electron chi connectivity index (χ3n) is 4.22. The number of nitrogens with zero attached hydrogens (tertiary/aromatic N) is 3. The molecule has 1 aliphatic heterocycles. The van der Waals surface area contributed by atoms with Crippen LogP contribution >= 0.6 is 0 Å². The van der Waals surface area contributed by atoms with Gasteiger partial charge in [-0.25, -0.2) is 9.78 Å². The van der Waals surface area contributed by atoms with E-state index in [4.69, 9.17) is 4.74 Å². The Hall–Kier alpha value is -2.38. The molecule has 1 aromatic heterocycles. The van der Waals surface area contributed by atoms with E-state index in [1.807, 2.05) is 20.8 Å². The van der Waals surface area contributed by atoms with Crippen LogP contribution in [0, 0.1) is 23.0 Å². The maximum atomic E-state index is 12.3. The standard InChI is InChI=1S/C17H26N4O4/c1-11-6-7-20(16(22)25-17(3,4)5)10-13(11)19-15-8-12(2)14(9-18-15)21(23)24/h8-9,11,13H,6-7,10H2,1-5H3,(H,18,19). The molecule has 1 amide bonds. The third kappa shape index (κ3) is 5.04. The highest BCUT2D eigenvalue weighted by atomic mass is 16.6. The number of pyridine rings is 1. The summed E-state index contributed by atoms with van der Waals surface area (Å²) in [7, 11) is 0. The number of nitrogens with one attached hydrogen (secondary N) is 1. The van der Waals surface area contributed by atoms with E-state index >= 15 is 0 Å². The molecule has 0 bridgehead atoms. The van der Waals surface area contributed by atoms with Gasteiger partial charge in [-0.2, -0.15) is 0 Å². The zero-order valence-corrected chi connectivity index (χ0v) is 15.4. The van der Waals surface area contributed by atoms with Crippen molar-refractivity contribution in [2.75, 3.05) is 18.4 Å². The highest BCUT2D eigenvalue weighted by Crippen LogP contribution is 2.24. The molecule has 1 aromatic rings. The molecule has 2 heterocycles. The molecular weight excluding hydrogens is 324 g/mol. The van der Waals surface area contributed by atoms with Crippen LogP contribution in [0.2, 0.25) is 0 Å². The maximum absolute atomic E-state index is 12.3. The number of carbonyl (C=O) groups excluding carboxylic acids is 1. The molecule has 0 aliphatic carbocycles. The number of nitro groups is 1. The van der Waals surface area contributed by atoms with Gasteiger partial charge in [-0.3, -0.25) is 10.1 Å². The summed E-state index contributed by atoms with van der Waals surface area (Å²) in [6, 6.07) is 1.67. The molecule has 2 atom stereocenters. The number of anilines is 1. The van der Waals surface area contributed by atoms with Gasteiger partial charge >= 0.3 is 6.09 Å². The number of piperidine rings is 1. The molecule has 0 aromatic carbocycles. The number of carbonyl (C=O) groups is 1. The monoisotopic (exact) mass is 350 g/mol. The van der Waals surface area contributed by atoms with Crippen molar-refractivity contribution in [2.24, 2.45) is 5.92 Å². The van der Waals surface area contributed by atoms with Gasteiger partial charge in [0.05, 0.1) is 4.92 Å². The van der Waals surface area contributed by atoms with E-state index in [0.29, 0.717) is 30.4 Å². The summed E-state index contributed by atoms with van der Waals surface area (Å²) in [4.78, 5) is 28.6. The third-order valence-corrected chi connectivity index (χ3v) is 4.22. The van der Waals surface area contributed by atoms with Crippen LogP contribution in [0.15, 0.2) is 12.3 Å². The molecule has 0 spiro atoms. The zero-order valence-electron chi connectivity index (χ0n) is 15.4. The lowest BCUT2D eigenvalue weighted by Gasteiger charge is -2.38. The zero-order chi connectivity index (χ0) is 18.8. The van der Waals surface area contributed by atoms with Gasteiger partial charge < -0.3 is 15.0 Å². The van der Waals surface area contributed by atoms with Gasteiger partial charge in [0.1, 0.15) is 17.6 Å². The fourth-order valence-corrected chi connectivity index (χ4v) is 2.76. The minimum Gasteiger partial charge on any atom is -0.444 e. The Morgan fingerprint density at radius 1 is 1.48 bits per heavy atom. The molecule has 2 unspecified atom stereocenters. The molecule has 8 nitrogen and oxygen atoms in total. The minimum atomic E-state index is -0.528. The molecule has 8 heteroatoms. The predicted molar refractivity (Wildman–Crippen MR) is 94.6 cm³/mol. The molecule has 1 N–H and O–H groups in total. The fourth-order valence-electron chi connectivity index (χ4n) is 2.76. The number of hydrogen-bond donors (Lipinski definition) is 1. The van der Waals surface area contributed by atoms with E-state index in [0.717, 1.165) is 6.42 Å². The molecule has 2 rings (SSSR count). The Morgan fingerprint density at radius 3 is 2.72 bits per heavy atom. The van der Waals surface area contributed by atoms with Crippen LogP contribution in [0.5, 0.6) is 0 Å². The van der Waals surface area contributed by atoms with E-state index in [2.05, 4.69) is 17.2 Å². The van der Waals surface area contributed by atoms with Crippen molar-refractivity contribution in [3.8, 4) is 0 Å². The summed E-state index contributed by atoms with van der Waals surface area (Å²) in [5.41, 5.74) is 0.0210. The summed E-state index contributed by atoms with van der Waals surface area (Å²) in [6.45, 7) is 10.5. The lowest BCUT2D eigenvalue weighted by Crippen LogP contribution is -2.50. The van der Waals surface area contributed by atoms with E-state index in [1.54, 1.807) is 17.9 Å². The van der Waals surface area contributed by atoms with Gasteiger partial charge in [-0.05, 0) is 46.1 Å². The van der Waals surface area contributed by atoms with Gasteiger partial charge in [0.25, 0.3) is 5.69 Å². The molecule has 138 valence electrons. The average molecular weight is 350 g/mol. The summed E-state index contributed by atoms with van der Waals surface area (Å²) < 4.78 is 5.44. The van der Waals surface area contributed by atoms with E-state index < -0.39 is 10.5 Å². The van der Waals surface area contributed by atoms with Crippen LogP contribution in [0.4, 0.5) is 16.3 Å². The first-order valence-electron chi connectivity index (χ1n) is 8.42. The Labute approximate surface area is 147 Å². The lowest BCUT2D eigenvalue weighted by atomic mass is 9.93. The summed E-state index contributed by atoms with van der Waals surface area (Å²) in [6.07, 6.45) is 1.79. The molecule has 1 saturated heterocycles. The largest absolute Gasteiger partial charge is 0.444 e. The number of ether oxygens (including phenoxy) is 1. The van der Waals surface area contributed by atoms with E-state index in [1.165, 1.54) is 6.20 Å². The number of hydrogen-bond acceptors (Lipinski definition) is 6. The van der Waals surface area contributed by atoms with Gasteiger partial charge in [0, 0.05) is 24.7 Å². The fraction of sp³-hybridized carbons (Fsp3) is 0.647. The maximum Gasteiger partial charge on any atom is 0.410 e. The Balaban J connectivity index is 2.06. The van der Waals surface area contributed by atoms with E-state index in [-0.39, 0.29) is 17.8 Å². The van der Waals surface area contributed by atoms with Gasteiger partial charge in [-0.15, -0.1) is 0 Å². The second kappa shape index (κ2) is 7.25. The topological polar surface area (TPSA) is 97.6 Å². The summed E-state index contributed by atoms with van der Waals surface area (Å²) >= 11 is 0. The first-order chi connectivity index (χ1) is 11.6. The predicted octanol–water partition coefficient (Wildman–Crippen LogP) is 3.36. The second-order valence-electron chi connectivity index (χ2n) is 7.56. The van der Waals surface area contributed by atoms with Gasteiger partial charge in [0.15, 0.2) is 0 Å². The van der Waals surface area contributed by atoms with Crippen LogP contribution < -0.4 is 5.32 Å². The molecular formula is C17H26N4O4. The first-order valence-corrected chi connectivity index (χ1v) is 8.42. The first kappa shape index (κ1) is 19.0. The lowest BCUT2D eigenvalue weighted by molar-refractivity contribution is -0.385. The van der Waals surface area contributed by atoms with Crippen molar-refractivity contribution in [3.63, 3.8) is 0 Å². The summed E-state index contributed by atoms with van der Waals surface area (Å²) in [5, 5.41) is 14.2. The van der Waals surface area contributed by atoms with Crippen molar-refractivity contribution >= 4 is 17.6 Å². The Morgan fingerprint density at radius 2 is 2.16 bits per heavy atom. The van der Waals surface area contributed by atoms with Crippen molar-refractivity contribution in [3.05, 3.63) is 27.9 Å². The quantitative estimate of drug-likeness (QED) is 0.663. The highest BCUT2D eigenvalue weighted by Gasteiger charge is 2.31. The molecule has 1 aliphatic rings. The van der Waals surface area contributed by atoms with Gasteiger partial charge in [0.2, 0.25) is 0 Å². The molecule has 0 radical (unpaired) electrons. The van der Waals surface area contributed by atoms with Crippen molar-refractivity contribution < 1.29 is 14.5 Å². The molecule has 25 heavy (non-hydrogen) atoms. The van der Waals surface area contributed by atoms with Crippen molar-refractivity contribution in [2.45, 2.75) is 52.7 Å².